The molecule has 1 atom stereocenters. The van der Waals surface area contributed by atoms with E-state index in [1.807, 2.05) is 6.07 Å². The van der Waals surface area contributed by atoms with Crippen molar-refractivity contribution in [3.8, 4) is 6.07 Å². The van der Waals surface area contributed by atoms with Gasteiger partial charge in [0, 0.05) is 13.0 Å². The minimum Gasteiger partial charge on any atom is -0.294 e. The zero-order chi connectivity index (χ0) is 14.9. The van der Waals surface area contributed by atoms with Crippen LogP contribution in [0.25, 0.3) is 0 Å². The first kappa shape index (κ1) is 14.7. The number of hydrogen-bond donors (Lipinski definition) is 1. The highest BCUT2D eigenvalue weighted by Crippen LogP contribution is 2.26. The highest BCUT2D eigenvalue weighted by Gasteiger charge is 2.38. The summed E-state index contributed by atoms with van der Waals surface area (Å²) >= 11 is 1.26. The molecule has 0 saturated carbocycles. The maximum atomic E-state index is 11.9. The molecule has 10 heteroatoms. The van der Waals surface area contributed by atoms with Crippen LogP contribution in [0.3, 0.4) is 0 Å². The fraction of sp³-hybridized carbons (Fsp3) is 0.400. The molecule has 1 saturated heterocycles. The normalized spacial score (nSPS) is 19.1. The number of hydrogen-bond acceptors (Lipinski definition) is 7. The molecule has 1 aliphatic rings. The van der Waals surface area contributed by atoms with Crippen LogP contribution in [-0.2, 0) is 14.8 Å². The summed E-state index contributed by atoms with van der Waals surface area (Å²) in [5.74, 6) is -0.297. The van der Waals surface area contributed by atoms with Crippen molar-refractivity contribution >= 4 is 33.5 Å². The van der Waals surface area contributed by atoms with Crippen molar-refractivity contribution in [3.05, 3.63) is 11.8 Å². The third-order valence-corrected chi connectivity index (χ3v) is 4.67. The van der Waals surface area contributed by atoms with Gasteiger partial charge in [0.05, 0.1) is 6.20 Å². The lowest BCUT2D eigenvalue weighted by Gasteiger charge is -2.16. The van der Waals surface area contributed by atoms with Crippen LogP contribution in [-0.4, -0.2) is 42.3 Å². The fourth-order valence-electron chi connectivity index (χ4n) is 1.84. The highest BCUT2D eigenvalue weighted by molar-refractivity contribution is 7.98. The molecule has 2 N–H and O–H groups in total. The molecule has 0 aromatic carbocycles. The third kappa shape index (κ3) is 2.74. The van der Waals surface area contributed by atoms with Gasteiger partial charge < -0.3 is 0 Å². The van der Waals surface area contributed by atoms with Gasteiger partial charge >= 0.3 is 0 Å². The monoisotopic (exact) mass is 313 g/mol. The summed E-state index contributed by atoms with van der Waals surface area (Å²) < 4.78 is 22.7. The van der Waals surface area contributed by atoms with Crippen LogP contribution in [0.1, 0.15) is 12.0 Å². The van der Waals surface area contributed by atoms with Gasteiger partial charge in [-0.2, -0.15) is 5.26 Å². The lowest BCUT2D eigenvalue weighted by Crippen LogP contribution is -2.32. The number of nitrogens with zero attached hydrogens (tertiary/aromatic N) is 4. The Morgan fingerprint density at radius 2 is 2.30 bits per heavy atom. The predicted molar refractivity (Wildman–Crippen MR) is 72.4 cm³/mol. The average Bonchev–Trinajstić information content (AvgIpc) is 2.80. The molecule has 0 bridgehead atoms. The van der Waals surface area contributed by atoms with Crippen molar-refractivity contribution < 1.29 is 13.2 Å². The minimum atomic E-state index is -3.81. The zero-order valence-corrected chi connectivity index (χ0v) is 12.1. The molecule has 8 nitrogen and oxygen atoms in total. The summed E-state index contributed by atoms with van der Waals surface area (Å²) in [6.07, 6.45) is 2.86. The van der Waals surface area contributed by atoms with E-state index in [1.165, 1.54) is 22.9 Å². The first-order valence-electron chi connectivity index (χ1n) is 5.50. The highest BCUT2D eigenvalue weighted by atomic mass is 32.2. The number of rotatable bonds is 3. The molecule has 0 spiro atoms. The second-order valence-electron chi connectivity index (χ2n) is 4.13. The SMILES string of the molecule is CSc1ncc(C#N)c(N2CC(S(N)(=O)=O)CC2=O)n1. The zero-order valence-electron chi connectivity index (χ0n) is 10.5. The standard InChI is InChI=1S/C10H11N5O3S2/c1-19-10-13-4-6(3-11)9(14-10)15-5-7(2-8(15)16)20(12,17)18/h4,7H,2,5H2,1H3,(H2,12,17,18). The van der Waals surface area contributed by atoms with Gasteiger partial charge in [-0.3, -0.25) is 9.69 Å². The molecule has 1 amide bonds. The Hall–Kier alpha value is -1.70. The summed E-state index contributed by atoms with van der Waals surface area (Å²) in [5.41, 5.74) is 0.117. The number of thioether (sulfide) groups is 1. The largest absolute Gasteiger partial charge is 0.294 e. The van der Waals surface area contributed by atoms with Gasteiger partial charge in [0.1, 0.15) is 16.9 Å². The fourth-order valence-corrected chi connectivity index (χ4v) is 2.91. The molecule has 0 radical (unpaired) electrons. The molecule has 106 valence electrons. The van der Waals surface area contributed by atoms with E-state index in [-0.39, 0.29) is 24.3 Å². The van der Waals surface area contributed by atoms with Crippen molar-refractivity contribution in [2.75, 3.05) is 17.7 Å². The van der Waals surface area contributed by atoms with Crippen molar-refractivity contribution in [3.63, 3.8) is 0 Å². The van der Waals surface area contributed by atoms with E-state index < -0.39 is 21.2 Å². The summed E-state index contributed by atoms with van der Waals surface area (Å²) in [6.45, 7) is -0.100. The number of sulfonamides is 1. The number of carbonyl (C=O) groups excluding carboxylic acids is 1. The predicted octanol–water partition coefficient (Wildman–Crippen LogP) is -0.536. The molecule has 1 aromatic rings. The topological polar surface area (TPSA) is 130 Å². The number of aromatic nitrogens is 2. The molecule has 1 unspecified atom stereocenters. The lowest BCUT2D eigenvalue weighted by molar-refractivity contribution is -0.117. The van der Waals surface area contributed by atoms with Crippen molar-refractivity contribution in [1.82, 2.24) is 9.97 Å². The second kappa shape index (κ2) is 5.35. The average molecular weight is 313 g/mol. The summed E-state index contributed by atoms with van der Waals surface area (Å²) in [5, 5.41) is 13.5. The van der Waals surface area contributed by atoms with Crippen molar-refractivity contribution in [2.24, 2.45) is 5.14 Å². The maximum Gasteiger partial charge on any atom is 0.229 e. The third-order valence-electron chi connectivity index (χ3n) is 2.86. The first-order valence-corrected chi connectivity index (χ1v) is 8.33. The van der Waals surface area contributed by atoms with Crippen LogP contribution in [0.5, 0.6) is 0 Å². The quantitative estimate of drug-likeness (QED) is 0.586. The van der Waals surface area contributed by atoms with Gasteiger partial charge in [-0.15, -0.1) is 0 Å². The number of nitriles is 1. The summed E-state index contributed by atoms with van der Waals surface area (Å²) in [4.78, 5) is 21.2. The molecule has 2 heterocycles. The Morgan fingerprint density at radius 1 is 1.60 bits per heavy atom. The van der Waals surface area contributed by atoms with Crippen LogP contribution < -0.4 is 10.0 Å². The van der Waals surface area contributed by atoms with Gasteiger partial charge in [-0.25, -0.2) is 23.5 Å². The van der Waals surface area contributed by atoms with E-state index in [1.54, 1.807) is 6.26 Å². The molecule has 0 aliphatic carbocycles. The molecule has 20 heavy (non-hydrogen) atoms. The van der Waals surface area contributed by atoms with Crippen molar-refractivity contribution in [1.29, 1.82) is 5.26 Å². The smallest absolute Gasteiger partial charge is 0.229 e. The number of nitrogens with two attached hydrogens (primary N) is 1. The number of amides is 1. The number of carbonyl (C=O) groups is 1. The Labute approximate surface area is 120 Å². The summed E-state index contributed by atoms with van der Waals surface area (Å²) in [7, 11) is -3.81. The van der Waals surface area contributed by atoms with E-state index in [4.69, 9.17) is 10.4 Å². The maximum absolute atomic E-state index is 11.9. The van der Waals surface area contributed by atoms with Crippen LogP contribution in [0.15, 0.2) is 11.4 Å². The molecular formula is C10H11N5O3S2. The number of primary sulfonamides is 1. The van der Waals surface area contributed by atoms with Crippen molar-refractivity contribution in [2.45, 2.75) is 16.8 Å². The number of anilines is 1. The Balaban J connectivity index is 2.42. The van der Waals surface area contributed by atoms with Crippen LogP contribution in [0, 0.1) is 11.3 Å². The Bertz CT molecular complexity index is 697. The van der Waals surface area contributed by atoms with Gasteiger partial charge in [0.15, 0.2) is 11.0 Å². The van der Waals surface area contributed by atoms with Gasteiger partial charge in [0.25, 0.3) is 0 Å². The van der Waals surface area contributed by atoms with Gasteiger partial charge in [0.2, 0.25) is 15.9 Å². The molecule has 1 aromatic heterocycles. The molecular weight excluding hydrogens is 302 g/mol. The lowest BCUT2D eigenvalue weighted by atomic mass is 10.3. The molecule has 2 rings (SSSR count). The summed E-state index contributed by atoms with van der Waals surface area (Å²) in [6, 6.07) is 1.89. The van der Waals surface area contributed by atoms with E-state index in [9.17, 15) is 13.2 Å². The van der Waals surface area contributed by atoms with E-state index in [2.05, 4.69) is 9.97 Å². The first-order chi connectivity index (χ1) is 9.36. The Kier molecular flexibility index (Phi) is 3.94. The van der Waals surface area contributed by atoms with Gasteiger partial charge in [-0.05, 0) is 6.26 Å². The Morgan fingerprint density at radius 3 is 2.80 bits per heavy atom. The molecule has 1 fully saturated rings. The second-order valence-corrected chi connectivity index (χ2v) is 6.74. The minimum absolute atomic E-state index is 0.100. The van der Waals surface area contributed by atoms with Crippen LogP contribution in [0.4, 0.5) is 5.82 Å². The van der Waals surface area contributed by atoms with E-state index in [0.29, 0.717) is 5.16 Å². The molecule has 1 aliphatic heterocycles. The van der Waals surface area contributed by atoms with Crippen LogP contribution >= 0.6 is 11.8 Å². The van der Waals surface area contributed by atoms with Gasteiger partial charge in [-0.1, -0.05) is 11.8 Å². The van der Waals surface area contributed by atoms with E-state index in [0.717, 1.165) is 0 Å². The van der Waals surface area contributed by atoms with Crippen LogP contribution in [0.2, 0.25) is 0 Å². The van der Waals surface area contributed by atoms with E-state index >= 15 is 0 Å².